The van der Waals surface area contributed by atoms with E-state index in [1.54, 1.807) is 13.0 Å². The molecular formula is C25H24Cl2FN5O4S. The number of amides is 1. The topological polar surface area (TPSA) is 128 Å². The maximum Gasteiger partial charge on any atom is 0.258 e. The van der Waals surface area contributed by atoms with Crippen molar-refractivity contribution in [1.29, 1.82) is 0 Å². The van der Waals surface area contributed by atoms with Crippen molar-refractivity contribution in [3.8, 4) is 17.1 Å². The van der Waals surface area contributed by atoms with Crippen molar-refractivity contribution in [2.45, 2.75) is 31.3 Å². The molecule has 1 saturated heterocycles. The average Bonchev–Trinajstić information content (AvgIpc) is 3.12. The van der Waals surface area contributed by atoms with E-state index in [1.165, 1.54) is 28.9 Å². The number of nitrogen functional groups attached to an aromatic ring is 1. The minimum Gasteiger partial charge on any atom is -0.467 e. The molecule has 0 saturated carbocycles. The predicted octanol–water partition coefficient (Wildman–Crippen LogP) is 4.56. The standard InChI is InChI=1S/C25H24Cl2FN5O4S/c1-13(20-16(26)5-6-17(28)21(20)27)37-23-22(29)30-12-19(31-23)14-3-4-15-18(11-14)32-24(34)25(15)7-9-33(10-8-25)38(2,35)36/h3-6,11-13H,7-10H2,1-2H3,(H2,29,30)(H,32,34)/t13-/m1/s1. The zero-order valence-corrected chi connectivity index (χ0v) is 22.8. The number of hydrogen-bond acceptors (Lipinski definition) is 7. The summed E-state index contributed by atoms with van der Waals surface area (Å²) in [6, 6.07) is 8.02. The zero-order valence-electron chi connectivity index (χ0n) is 20.5. The lowest BCUT2D eigenvalue weighted by Gasteiger charge is -2.36. The number of carbonyl (C=O) groups is 1. The van der Waals surface area contributed by atoms with Crippen molar-refractivity contribution in [2.24, 2.45) is 0 Å². The molecule has 200 valence electrons. The second-order valence-electron chi connectivity index (χ2n) is 9.42. The molecule has 1 spiro atoms. The van der Waals surface area contributed by atoms with Crippen LogP contribution in [0.1, 0.15) is 37.0 Å². The SMILES string of the molecule is C[C@@H](Oc1nc(-c2ccc3c(c2)NC(=O)C32CCN(S(C)(=O)=O)CC2)cnc1N)c1c(Cl)ccc(F)c1Cl. The van der Waals surface area contributed by atoms with Crippen molar-refractivity contribution in [3.05, 3.63) is 63.5 Å². The van der Waals surface area contributed by atoms with Crippen molar-refractivity contribution in [3.63, 3.8) is 0 Å². The minimum atomic E-state index is -3.32. The van der Waals surface area contributed by atoms with Crippen LogP contribution in [-0.2, 0) is 20.2 Å². The smallest absolute Gasteiger partial charge is 0.258 e. The highest BCUT2D eigenvalue weighted by Gasteiger charge is 2.49. The molecule has 1 amide bonds. The number of halogens is 3. The number of rotatable bonds is 5. The molecule has 0 radical (unpaired) electrons. The molecule has 0 unspecified atom stereocenters. The molecule has 13 heteroatoms. The highest BCUT2D eigenvalue weighted by molar-refractivity contribution is 7.88. The second-order valence-corrected chi connectivity index (χ2v) is 12.2. The van der Waals surface area contributed by atoms with Crippen LogP contribution in [-0.4, -0.2) is 47.9 Å². The molecule has 1 aromatic heterocycles. The van der Waals surface area contributed by atoms with E-state index in [0.29, 0.717) is 29.8 Å². The maximum atomic E-state index is 14.0. The van der Waals surface area contributed by atoms with Gasteiger partial charge in [0.2, 0.25) is 15.9 Å². The first-order chi connectivity index (χ1) is 17.9. The number of ether oxygens (including phenoxy) is 1. The van der Waals surface area contributed by atoms with Gasteiger partial charge in [0.15, 0.2) is 5.82 Å². The first kappa shape index (κ1) is 26.6. The highest BCUT2D eigenvalue weighted by atomic mass is 35.5. The van der Waals surface area contributed by atoms with Gasteiger partial charge in [-0.1, -0.05) is 35.3 Å². The van der Waals surface area contributed by atoms with Gasteiger partial charge in [0.1, 0.15) is 11.9 Å². The molecule has 2 aliphatic rings. The van der Waals surface area contributed by atoms with Crippen LogP contribution < -0.4 is 15.8 Å². The van der Waals surface area contributed by atoms with E-state index in [2.05, 4.69) is 15.3 Å². The Morgan fingerprint density at radius 2 is 1.92 bits per heavy atom. The van der Waals surface area contributed by atoms with Gasteiger partial charge in [0.25, 0.3) is 5.88 Å². The van der Waals surface area contributed by atoms with E-state index in [-0.39, 0.29) is 46.3 Å². The molecule has 1 fully saturated rings. The fourth-order valence-electron chi connectivity index (χ4n) is 5.03. The lowest BCUT2D eigenvalue weighted by Crippen LogP contribution is -2.47. The third-order valence-electron chi connectivity index (χ3n) is 7.10. The fraction of sp³-hybridized carbons (Fsp3) is 0.320. The summed E-state index contributed by atoms with van der Waals surface area (Å²) in [5.41, 5.74) is 8.02. The summed E-state index contributed by atoms with van der Waals surface area (Å²) in [7, 11) is -3.32. The Hall–Kier alpha value is -2.99. The molecule has 9 nitrogen and oxygen atoms in total. The molecule has 3 N–H and O–H groups in total. The quantitative estimate of drug-likeness (QED) is 0.424. The van der Waals surface area contributed by atoms with Crippen LogP contribution in [0.3, 0.4) is 0 Å². The van der Waals surface area contributed by atoms with Gasteiger partial charge in [-0.3, -0.25) is 4.79 Å². The van der Waals surface area contributed by atoms with Crippen LogP contribution in [0.25, 0.3) is 11.3 Å². The van der Waals surface area contributed by atoms with Gasteiger partial charge >= 0.3 is 0 Å². The van der Waals surface area contributed by atoms with Gasteiger partial charge in [-0.2, -0.15) is 0 Å². The van der Waals surface area contributed by atoms with Crippen LogP contribution in [0, 0.1) is 5.82 Å². The zero-order chi connectivity index (χ0) is 27.4. The third-order valence-corrected chi connectivity index (χ3v) is 9.12. The first-order valence-electron chi connectivity index (χ1n) is 11.7. The van der Waals surface area contributed by atoms with Gasteiger partial charge in [-0.05, 0) is 43.5 Å². The van der Waals surface area contributed by atoms with Crippen molar-refractivity contribution in [2.75, 3.05) is 30.4 Å². The average molecular weight is 580 g/mol. The van der Waals surface area contributed by atoms with Crippen molar-refractivity contribution in [1.82, 2.24) is 14.3 Å². The maximum absolute atomic E-state index is 14.0. The number of carbonyl (C=O) groups excluding carboxylic acids is 1. The monoisotopic (exact) mass is 579 g/mol. The summed E-state index contributed by atoms with van der Waals surface area (Å²) in [6.07, 6.45) is 2.65. The second kappa shape index (κ2) is 9.64. The third kappa shape index (κ3) is 4.57. The Bertz CT molecular complexity index is 1560. The summed E-state index contributed by atoms with van der Waals surface area (Å²) < 4.78 is 45.2. The normalized spacial score (nSPS) is 17.8. The minimum absolute atomic E-state index is 0.0144. The Labute approximate surface area is 229 Å². The number of aromatic nitrogens is 2. The largest absolute Gasteiger partial charge is 0.467 e. The van der Waals surface area contributed by atoms with Gasteiger partial charge in [0, 0.05) is 34.9 Å². The first-order valence-corrected chi connectivity index (χ1v) is 14.3. The summed E-state index contributed by atoms with van der Waals surface area (Å²) in [5, 5.41) is 3.02. The summed E-state index contributed by atoms with van der Waals surface area (Å²) in [4.78, 5) is 21.7. The number of nitrogens with zero attached hydrogens (tertiary/aromatic N) is 3. The molecule has 38 heavy (non-hydrogen) atoms. The summed E-state index contributed by atoms with van der Waals surface area (Å²) >= 11 is 12.3. The van der Waals surface area contributed by atoms with E-state index in [9.17, 15) is 17.6 Å². The molecule has 5 rings (SSSR count). The van der Waals surface area contributed by atoms with Gasteiger partial charge in [-0.15, -0.1) is 0 Å². The van der Waals surface area contributed by atoms with E-state index in [0.717, 1.165) is 5.56 Å². The van der Waals surface area contributed by atoms with E-state index >= 15 is 0 Å². The van der Waals surface area contributed by atoms with Crippen LogP contribution in [0.2, 0.25) is 10.0 Å². The number of sulfonamides is 1. The Morgan fingerprint density at radius 3 is 2.61 bits per heavy atom. The number of piperidine rings is 1. The molecular weight excluding hydrogens is 556 g/mol. The molecule has 2 aromatic carbocycles. The summed E-state index contributed by atoms with van der Waals surface area (Å²) in [5.74, 6) is -0.743. The Morgan fingerprint density at radius 1 is 1.21 bits per heavy atom. The Kier molecular flexibility index (Phi) is 6.75. The lowest BCUT2D eigenvalue weighted by molar-refractivity contribution is -0.122. The lowest BCUT2D eigenvalue weighted by atomic mass is 9.74. The van der Waals surface area contributed by atoms with E-state index < -0.39 is 27.4 Å². The molecule has 3 heterocycles. The molecule has 0 bridgehead atoms. The fourth-order valence-corrected chi connectivity index (χ4v) is 6.56. The molecule has 0 aliphatic carbocycles. The van der Waals surface area contributed by atoms with E-state index in [1.807, 2.05) is 12.1 Å². The van der Waals surface area contributed by atoms with Crippen molar-refractivity contribution >= 4 is 50.6 Å². The molecule has 3 aromatic rings. The highest BCUT2D eigenvalue weighted by Crippen LogP contribution is 2.46. The predicted molar refractivity (Wildman–Crippen MR) is 143 cm³/mol. The van der Waals surface area contributed by atoms with Crippen LogP contribution in [0.5, 0.6) is 5.88 Å². The van der Waals surface area contributed by atoms with E-state index in [4.69, 9.17) is 33.7 Å². The number of nitrogens with one attached hydrogen (secondary N) is 1. The van der Waals surface area contributed by atoms with Gasteiger partial charge < -0.3 is 15.8 Å². The Balaban J connectivity index is 1.42. The van der Waals surface area contributed by atoms with Crippen LogP contribution in [0.15, 0.2) is 36.5 Å². The number of hydrogen-bond donors (Lipinski definition) is 2. The number of anilines is 2. The van der Waals surface area contributed by atoms with Crippen molar-refractivity contribution < 1.29 is 22.3 Å². The van der Waals surface area contributed by atoms with Gasteiger partial charge in [0.05, 0.1) is 28.6 Å². The van der Waals surface area contributed by atoms with Gasteiger partial charge in [-0.25, -0.2) is 27.1 Å². The number of nitrogens with two attached hydrogens (primary N) is 1. The summed E-state index contributed by atoms with van der Waals surface area (Å²) in [6.45, 7) is 2.18. The number of fused-ring (bicyclic) bond motifs is 2. The number of benzene rings is 2. The van der Waals surface area contributed by atoms with Crippen LogP contribution >= 0.6 is 23.2 Å². The molecule has 2 aliphatic heterocycles. The molecule has 1 atom stereocenters. The van der Waals surface area contributed by atoms with Crippen LogP contribution in [0.4, 0.5) is 15.9 Å².